The first-order chi connectivity index (χ1) is 25.2. The van der Waals surface area contributed by atoms with E-state index in [1.807, 2.05) is 30.3 Å². The van der Waals surface area contributed by atoms with E-state index in [-0.39, 0.29) is 17.2 Å². The number of carboxylic acids is 1. The molecule has 52 heavy (non-hydrogen) atoms. The van der Waals surface area contributed by atoms with Gasteiger partial charge in [-0.25, -0.2) is 4.79 Å². The Kier molecular flexibility index (Phi) is 12.3. The topological polar surface area (TPSA) is 152 Å². The van der Waals surface area contributed by atoms with Gasteiger partial charge in [-0.3, -0.25) is 14.4 Å². The van der Waals surface area contributed by atoms with E-state index in [0.29, 0.717) is 50.2 Å². The van der Waals surface area contributed by atoms with Gasteiger partial charge < -0.3 is 35.3 Å². The standard InChI is InChI=1S/C40H35N3O8S/c1-49-33-24-35(51-3)34(50-2)22-28(33)21-32(43-37(44)26-14-8-5-9-15-26)38(45)41-30-18-11-19-31(23-30)52-36(25-12-6-4-7-13-25)39(46)42-29-17-10-16-27(20-29)40(47)48/h4-24,36H,1-3H3,(H,41,45)(H,42,46)(H,43,44)(H,47,48)/b32-21+. The third-order valence-electron chi connectivity index (χ3n) is 7.63. The summed E-state index contributed by atoms with van der Waals surface area (Å²) in [4.78, 5) is 53.0. The average molecular weight is 718 g/mol. The molecule has 0 aliphatic carbocycles. The molecule has 4 N–H and O–H groups in total. The fourth-order valence-electron chi connectivity index (χ4n) is 5.08. The predicted molar refractivity (Wildman–Crippen MR) is 200 cm³/mol. The van der Waals surface area contributed by atoms with Crippen molar-refractivity contribution >= 4 is 52.9 Å². The van der Waals surface area contributed by atoms with Gasteiger partial charge >= 0.3 is 5.97 Å². The van der Waals surface area contributed by atoms with Crippen molar-refractivity contribution in [3.8, 4) is 17.2 Å². The van der Waals surface area contributed by atoms with Crippen LogP contribution < -0.4 is 30.2 Å². The van der Waals surface area contributed by atoms with Crippen molar-refractivity contribution in [1.82, 2.24) is 5.32 Å². The van der Waals surface area contributed by atoms with E-state index in [1.54, 1.807) is 78.9 Å². The lowest BCUT2D eigenvalue weighted by Crippen LogP contribution is -2.30. The molecule has 0 bridgehead atoms. The van der Waals surface area contributed by atoms with Crippen LogP contribution in [0.2, 0.25) is 0 Å². The smallest absolute Gasteiger partial charge is 0.335 e. The van der Waals surface area contributed by atoms with Crippen LogP contribution in [0.15, 0.2) is 132 Å². The van der Waals surface area contributed by atoms with Crippen LogP contribution in [0.4, 0.5) is 11.4 Å². The lowest BCUT2D eigenvalue weighted by molar-refractivity contribution is -0.116. The van der Waals surface area contributed by atoms with Crippen LogP contribution in [0.1, 0.15) is 37.1 Å². The molecule has 3 amide bonds. The highest BCUT2D eigenvalue weighted by Gasteiger charge is 2.23. The highest BCUT2D eigenvalue weighted by Crippen LogP contribution is 2.38. The molecule has 0 saturated heterocycles. The molecular formula is C40H35N3O8S. The zero-order chi connectivity index (χ0) is 37.0. The fraction of sp³-hybridized carbons (Fsp3) is 0.100. The van der Waals surface area contributed by atoms with Gasteiger partial charge in [0.2, 0.25) is 5.91 Å². The minimum atomic E-state index is -1.11. The van der Waals surface area contributed by atoms with E-state index >= 15 is 0 Å². The maximum atomic E-state index is 13.9. The van der Waals surface area contributed by atoms with Crippen LogP contribution in [0, 0.1) is 0 Å². The summed E-state index contributed by atoms with van der Waals surface area (Å²) >= 11 is 1.25. The van der Waals surface area contributed by atoms with Crippen LogP contribution in [-0.2, 0) is 9.59 Å². The number of benzene rings is 5. The summed E-state index contributed by atoms with van der Waals surface area (Å²) in [6.45, 7) is 0. The molecule has 0 aliphatic rings. The molecule has 0 radical (unpaired) electrons. The van der Waals surface area contributed by atoms with E-state index in [0.717, 1.165) is 0 Å². The number of carbonyl (C=O) groups is 4. The molecule has 0 aliphatic heterocycles. The number of hydrogen-bond donors (Lipinski definition) is 4. The van der Waals surface area contributed by atoms with Crippen molar-refractivity contribution in [1.29, 1.82) is 0 Å². The second kappa shape index (κ2) is 17.4. The molecule has 0 saturated carbocycles. The normalized spacial score (nSPS) is 11.5. The predicted octanol–water partition coefficient (Wildman–Crippen LogP) is 7.29. The molecule has 12 heteroatoms. The molecular weight excluding hydrogens is 683 g/mol. The zero-order valence-electron chi connectivity index (χ0n) is 28.4. The van der Waals surface area contributed by atoms with Gasteiger partial charge in [-0.15, -0.1) is 11.8 Å². The molecule has 1 unspecified atom stereocenters. The van der Waals surface area contributed by atoms with Gasteiger partial charge in [0.25, 0.3) is 11.8 Å². The van der Waals surface area contributed by atoms with Gasteiger partial charge in [0.1, 0.15) is 16.7 Å². The Morgan fingerprint density at radius 1 is 0.654 bits per heavy atom. The van der Waals surface area contributed by atoms with Crippen LogP contribution in [0.5, 0.6) is 17.2 Å². The first-order valence-electron chi connectivity index (χ1n) is 15.8. The van der Waals surface area contributed by atoms with Gasteiger partial charge in [-0.2, -0.15) is 0 Å². The summed E-state index contributed by atoms with van der Waals surface area (Å²) in [5.41, 5.74) is 2.20. The third-order valence-corrected chi connectivity index (χ3v) is 8.88. The molecule has 11 nitrogen and oxygen atoms in total. The highest BCUT2D eigenvalue weighted by atomic mass is 32.2. The van der Waals surface area contributed by atoms with Crippen LogP contribution in [-0.4, -0.2) is 50.1 Å². The van der Waals surface area contributed by atoms with E-state index in [4.69, 9.17) is 14.2 Å². The summed E-state index contributed by atoms with van der Waals surface area (Å²) < 4.78 is 16.4. The number of amides is 3. The first kappa shape index (κ1) is 36.7. The third kappa shape index (κ3) is 9.37. The number of rotatable bonds is 14. The average Bonchev–Trinajstić information content (AvgIpc) is 3.17. The number of anilines is 2. The van der Waals surface area contributed by atoms with Gasteiger partial charge in [-0.05, 0) is 66.2 Å². The van der Waals surface area contributed by atoms with E-state index in [2.05, 4.69) is 16.0 Å². The number of hydrogen-bond acceptors (Lipinski definition) is 8. The molecule has 5 rings (SSSR count). The van der Waals surface area contributed by atoms with E-state index < -0.39 is 23.0 Å². The maximum Gasteiger partial charge on any atom is 0.335 e. The Balaban J connectivity index is 1.43. The number of nitrogens with one attached hydrogen (secondary N) is 3. The summed E-state index contributed by atoms with van der Waals surface area (Å²) in [6, 6.07) is 33.8. The number of carboxylic acid groups (broad SMARTS) is 1. The fourth-order valence-corrected chi connectivity index (χ4v) is 6.17. The van der Waals surface area contributed by atoms with Crippen molar-refractivity contribution in [2.45, 2.75) is 10.1 Å². The van der Waals surface area contributed by atoms with E-state index in [9.17, 15) is 24.3 Å². The van der Waals surface area contributed by atoms with Crippen molar-refractivity contribution in [3.63, 3.8) is 0 Å². The number of thioether (sulfide) groups is 1. The largest absolute Gasteiger partial charge is 0.496 e. The SMILES string of the molecule is COc1cc(OC)c(OC)cc1/C=C(/NC(=O)c1ccccc1)C(=O)Nc1cccc(SC(C(=O)Nc2cccc(C(=O)O)c2)c2ccccc2)c1. The first-order valence-corrected chi connectivity index (χ1v) is 16.7. The number of carbonyl (C=O) groups excluding carboxylic acids is 3. The molecule has 0 fully saturated rings. The number of ether oxygens (including phenoxy) is 3. The summed E-state index contributed by atoms with van der Waals surface area (Å²) in [5.74, 6) is -1.43. The minimum Gasteiger partial charge on any atom is -0.496 e. The van der Waals surface area contributed by atoms with Gasteiger partial charge in [0.15, 0.2) is 11.5 Å². The maximum absolute atomic E-state index is 13.9. The molecule has 0 spiro atoms. The molecule has 0 aromatic heterocycles. The van der Waals surface area contributed by atoms with Crippen molar-refractivity contribution in [3.05, 3.63) is 149 Å². The second-order valence-electron chi connectivity index (χ2n) is 11.1. The van der Waals surface area contributed by atoms with Crippen LogP contribution in [0.3, 0.4) is 0 Å². The minimum absolute atomic E-state index is 0.0445. The summed E-state index contributed by atoms with van der Waals surface area (Å²) in [6.07, 6.45) is 1.48. The highest BCUT2D eigenvalue weighted by molar-refractivity contribution is 8.00. The quantitative estimate of drug-likeness (QED) is 0.0685. The number of aromatic carboxylic acids is 1. The Hall–Kier alpha value is -6.53. The molecule has 1 atom stereocenters. The molecule has 5 aromatic rings. The number of methoxy groups -OCH3 is 3. The zero-order valence-corrected chi connectivity index (χ0v) is 29.2. The molecule has 264 valence electrons. The van der Waals surface area contributed by atoms with Crippen LogP contribution in [0.25, 0.3) is 6.08 Å². The molecule has 5 aromatic carbocycles. The Labute approximate surface area is 304 Å². The van der Waals surface area contributed by atoms with E-state index in [1.165, 1.54) is 51.3 Å². The molecule has 0 heterocycles. The lowest BCUT2D eigenvalue weighted by atomic mass is 10.1. The van der Waals surface area contributed by atoms with Gasteiger partial charge in [0, 0.05) is 33.5 Å². The monoisotopic (exact) mass is 717 g/mol. The Bertz CT molecular complexity index is 2110. The van der Waals surface area contributed by atoms with Crippen LogP contribution >= 0.6 is 11.8 Å². The second-order valence-corrected chi connectivity index (χ2v) is 12.3. The van der Waals surface area contributed by atoms with Gasteiger partial charge in [0.05, 0.1) is 26.9 Å². The Morgan fingerprint density at radius 2 is 1.25 bits per heavy atom. The van der Waals surface area contributed by atoms with Crippen molar-refractivity contribution in [2.75, 3.05) is 32.0 Å². The van der Waals surface area contributed by atoms with Crippen molar-refractivity contribution in [2.24, 2.45) is 0 Å². The van der Waals surface area contributed by atoms with Crippen molar-refractivity contribution < 1.29 is 38.5 Å². The van der Waals surface area contributed by atoms with Gasteiger partial charge in [-0.1, -0.05) is 60.7 Å². The Morgan fingerprint density at radius 3 is 1.90 bits per heavy atom. The summed E-state index contributed by atoms with van der Waals surface area (Å²) in [7, 11) is 4.45. The lowest BCUT2D eigenvalue weighted by Gasteiger charge is -2.18. The summed E-state index contributed by atoms with van der Waals surface area (Å²) in [5, 5.41) is 17.1.